The highest BCUT2D eigenvalue weighted by Gasteiger charge is 2.25. The highest BCUT2D eigenvalue weighted by Crippen LogP contribution is 2.53. The van der Waals surface area contributed by atoms with Crippen molar-refractivity contribution in [2.75, 3.05) is 0 Å². The minimum absolute atomic E-state index is 1.25. The van der Waals surface area contributed by atoms with E-state index in [1.54, 1.807) is 0 Å². The molecule has 0 spiro atoms. The van der Waals surface area contributed by atoms with Gasteiger partial charge in [-0.3, -0.25) is 0 Å². The van der Waals surface area contributed by atoms with E-state index in [1.165, 1.54) is 121 Å². The first-order valence-corrected chi connectivity index (χ1v) is 17.5. The SMILES string of the molecule is c1ccc(-c2cc3c4c(cccc4c2)-c2cc4ccc5c6cc7c(cc6ccc5c4cc2-3)-c2cccc3cc(-c4ccccc4)cc-7c23)cc1. The first-order valence-electron chi connectivity index (χ1n) is 17.5. The summed E-state index contributed by atoms with van der Waals surface area (Å²) in [7, 11) is 0. The van der Waals surface area contributed by atoms with E-state index in [4.69, 9.17) is 0 Å². The van der Waals surface area contributed by atoms with Crippen LogP contribution in [0, 0.1) is 0 Å². The molecule has 0 fully saturated rings. The number of benzene rings is 10. The minimum Gasteiger partial charge on any atom is -0.0622 e. The monoisotopic (exact) mass is 628 g/mol. The molecular weight excluding hydrogens is 601 g/mol. The Bertz CT molecular complexity index is 2900. The standard InChI is InChI=1S/C50H28/c1-3-9-29(10-4-1)35-21-33-13-7-15-39-43-23-31-17-20-38-37(41(31)27-45(43)47(25-35)49(33)39)19-18-32-24-44-40-16-8-14-34-22-36(30-11-5-2-6-12-30)26-48(50(34)40)46(44)28-42(32)38/h1-28H. The van der Waals surface area contributed by atoms with Gasteiger partial charge in [0, 0.05) is 0 Å². The van der Waals surface area contributed by atoms with E-state index in [-0.39, 0.29) is 0 Å². The van der Waals surface area contributed by atoms with Gasteiger partial charge in [0.2, 0.25) is 0 Å². The van der Waals surface area contributed by atoms with Gasteiger partial charge in [-0.25, -0.2) is 0 Å². The number of hydrogen-bond acceptors (Lipinski definition) is 0. The lowest BCUT2D eigenvalue weighted by molar-refractivity contribution is 1.65. The first-order chi connectivity index (χ1) is 24.8. The molecule has 10 aromatic carbocycles. The highest BCUT2D eigenvalue weighted by atomic mass is 14.3. The molecule has 12 rings (SSSR count). The fourth-order valence-corrected chi connectivity index (χ4v) is 9.19. The van der Waals surface area contributed by atoms with Crippen LogP contribution < -0.4 is 0 Å². The lowest BCUT2D eigenvalue weighted by Gasteiger charge is -2.13. The van der Waals surface area contributed by atoms with Crippen molar-refractivity contribution in [1.82, 2.24) is 0 Å². The molecule has 0 unspecified atom stereocenters. The van der Waals surface area contributed by atoms with E-state index in [9.17, 15) is 0 Å². The fourth-order valence-electron chi connectivity index (χ4n) is 9.19. The van der Waals surface area contributed by atoms with E-state index in [0.717, 1.165) is 0 Å². The van der Waals surface area contributed by atoms with Gasteiger partial charge in [0.05, 0.1) is 0 Å². The van der Waals surface area contributed by atoms with Gasteiger partial charge in [-0.1, -0.05) is 121 Å². The summed E-state index contributed by atoms with van der Waals surface area (Å²) in [6, 6.07) is 63.8. The molecular formula is C50H28. The van der Waals surface area contributed by atoms with Crippen molar-refractivity contribution < 1.29 is 0 Å². The van der Waals surface area contributed by atoms with E-state index in [0.29, 0.717) is 0 Å². The lowest BCUT2D eigenvalue weighted by atomic mass is 9.91. The van der Waals surface area contributed by atoms with E-state index in [2.05, 4.69) is 170 Å². The van der Waals surface area contributed by atoms with E-state index < -0.39 is 0 Å². The van der Waals surface area contributed by atoms with Gasteiger partial charge >= 0.3 is 0 Å². The van der Waals surface area contributed by atoms with Gasteiger partial charge in [-0.05, 0) is 169 Å². The second kappa shape index (κ2) is 9.56. The average Bonchev–Trinajstić information content (AvgIpc) is 3.66. The molecule has 0 aromatic heterocycles. The Labute approximate surface area is 289 Å². The van der Waals surface area contributed by atoms with Gasteiger partial charge in [0.25, 0.3) is 0 Å². The van der Waals surface area contributed by atoms with Crippen LogP contribution >= 0.6 is 0 Å². The van der Waals surface area contributed by atoms with Crippen molar-refractivity contribution in [2.45, 2.75) is 0 Å². The molecule has 2 aliphatic rings. The van der Waals surface area contributed by atoms with Crippen LogP contribution in [0.25, 0.3) is 121 Å². The Morgan fingerprint density at radius 1 is 0.200 bits per heavy atom. The summed E-state index contributed by atoms with van der Waals surface area (Å²) in [6.07, 6.45) is 0. The normalized spacial score (nSPS) is 12.4. The molecule has 0 nitrogen and oxygen atoms in total. The molecule has 0 amide bonds. The quantitative estimate of drug-likeness (QED) is 0.167. The largest absolute Gasteiger partial charge is 0.0622 e. The fraction of sp³-hybridized carbons (Fsp3) is 0. The zero-order valence-electron chi connectivity index (χ0n) is 27.2. The Kier molecular flexibility index (Phi) is 5.06. The summed E-state index contributed by atoms with van der Waals surface area (Å²) in [5, 5.41) is 13.1. The molecule has 0 N–H and O–H groups in total. The Balaban J connectivity index is 1.09. The molecule has 0 radical (unpaired) electrons. The van der Waals surface area contributed by atoms with Crippen LogP contribution in [0.5, 0.6) is 0 Å². The van der Waals surface area contributed by atoms with Crippen LogP contribution in [0.3, 0.4) is 0 Å². The van der Waals surface area contributed by atoms with Gasteiger partial charge in [-0.2, -0.15) is 0 Å². The van der Waals surface area contributed by atoms with E-state index >= 15 is 0 Å². The molecule has 10 aromatic rings. The van der Waals surface area contributed by atoms with Crippen molar-refractivity contribution in [3.8, 4) is 66.8 Å². The molecule has 0 aliphatic heterocycles. The van der Waals surface area contributed by atoms with Gasteiger partial charge in [0.15, 0.2) is 0 Å². The molecule has 0 saturated heterocycles. The predicted molar refractivity (Wildman–Crippen MR) is 214 cm³/mol. The van der Waals surface area contributed by atoms with Crippen LogP contribution in [0.2, 0.25) is 0 Å². The third-order valence-electron chi connectivity index (χ3n) is 11.4. The van der Waals surface area contributed by atoms with Crippen LogP contribution in [-0.2, 0) is 0 Å². The van der Waals surface area contributed by atoms with Gasteiger partial charge in [0.1, 0.15) is 0 Å². The maximum Gasteiger partial charge on any atom is -0.00259 e. The number of fused-ring (bicyclic) bond motifs is 11. The smallest absolute Gasteiger partial charge is 0.00259 e. The lowest BCUT2D eigenvalue weighted by Crippen LogP contribution is -1.86. The highest BCUT2D eigenvalue weighted by molar-refractivity contribution is 6.25. The minimum atomic E-state index is 1.25. The van der Waals surface area contributed by atoms with Crippen molar-refractivity contribution in [1.29, 1.82) is 0 Å². The zero-order chi connectivity index (χ0) is 32.5. The second-order valence-electron chi connectivity index (χ2n) is 14.1. The van der Waals surface area contributed by atoms with Crippen molar-refractivity contribution in [3.05, 3.63) is 170 Å². The summed E-state index contributed by atoms with van der Waals surface area (Å²) >= 11 is 0. The topological polar surface area (TPSA) is 0 Å². The molecule has 0 saturated carbocycles. The summed E-state index contributed by atoms with van der Waals surface area (Å²) in [4.78, 5) is 0. The van der Waals surface area contributed by atoms with Crippen LogP contribution in [-0.4, -0.2) is 0 Å². The Morgan fingerprint density at radius 2 is 0.640 bits per heavy atom. The third kappa shape index (κ3) is 3.50. The summed E-state index contributed by atoms with van der Waals surface area (Å²) in [6.45, 7) is 0. The average molecular weight is 629 g/mol. The molecule has 50 heavy (non-hydrogen) atoms. The summed E-state index contributed by atoms with van der Waals surface area (Å²) in [5.74, 6) is 0. The van der Waals surface area contributed by atoms with Gasteiger partial charge < -0.3 is 0 Å². The second-order valence-corrected chi connectivity index (χ2v) is 14.1. The summed E-state index contributed by atoms with van der Waals surface area (Å²) < 4.78 is 0. The van der Waals surface area contributed by atoms with Crippen molar-refractivity contribution in [2.24, 2.45) is 0 Å². The third-order valence-corrected chi connectivity index (χ3v) is 11.4. The molecule has 0 heterocycles. The maximum absolute atomic E-state index is 2.47. The molecule has 2 aliphatic carbocycles. The zero-order valence-corrected chi connectivity index (χ0v) is 27.2. The van der Waals surface area contributed by atoms with Crippen molar-refractivity contribution >= 4 is 53.9 Å². The Morgan fingerprint density at radius 3 is 1.10 bits per heavy atom. The summed E-state index contributed by atoms with van der Waals surface area (Å²) in [5.41, 5.74) is 15.7. The number of rotatable bonds is 2. The van der Waals surface area contributed by atoms with Crippen LogP contribution in [0.1, 0.15) is 0 Å². The molecule has 0 heteroatoms. The van der Waals surface area contributed by atoms with E-state index in [1.807, 2.05) is 0 Å². The van der Waals surface area contributed by atoms with Crippen molar-refractivity contribution in [3.63, 3.8) is 0 Å². The molecule has 0 atom stereocenters. The maximum atomic E-state index is 2.47. The first kappa shape index (κ1) is 26.5. The molecule has 0 bridgehead atoms. The van der Waals surface area contributed by atoms with Crippen LogP contribution in [0.4, 0.5) is 0 Å². The molecule has 228 valence electrons. The van der Waals surface area contributed by atoms with Crippen LogP contribution in [0.15, 0.2) is 170 Å². The Hall–Kier alpha value is -6.50. The number of hydrogen-bond donors (Lipinski definition) is 0. The van der Waals surface area contributed by atoms with Gasteiger partial charge in [-0.15, -0.1) is 0 Å². The predicted octanol–water partition coefficient (Wildman–Crippen LogP) is 14.1.